The molecule has 0 aliphatic rings. The van der Waals surface area contributed by atoms with Crippen molar-refractivity contribution in [1.82, 2.24) is 4.98 Å². The van der Waals surface area contributed by atoms with Crippen molar-refractivity contribution in [2.24, 2.45) is 0 Å². The lowest BCUT2D eigenvalue weighted by molar-refractivity contribution is -0.153. The average Bonchev–Trinajstić information content (AvgIpc) is 2.64. The lowest BCUT2D eigenvalue weighted by Gasteiger charge is -2.14. The highest BCUT2D eigenvalue weighted by atomic mass is 35.5. The van der Waals surface area contributed by atoms with Crippen LogP contribution in [0.15, 0.2) is 42.6 Å². The smallest absolute Gasteiger partial charge is 0.310 e. The van der Waals surface area contributed by atoms with Crippen LogP contribution in [0.4, 0.5) is 5.69 Å². The fraction of sp³-hybridized carbons (Fsp3) is 0.278. The summed E-state index contributed by atoms with van der Waals surface area (Å²) in [7, 11) is 1.57. The number of nitrogens with one attached hydrogen (secondary N) is 1. The number of esters is 1. The number of methoxy groups -OCH3 is 1. The van der Waals surface area contributed by atoms with Crippen molar-refractivity contribution in [3.63, 3.8) is 0 Å². The second kappa shape index (κ2) is 9.62. The van der Waals surface area contributed by atoms with Crippen molar-refractivity contribution in [2.45, 2.75) is 19.4 Å². The molecule has 0 radical (unpaired) electrons. The first-order chi connectivity index (χ1) is 12.5. The Balaban J connectivity index is 1.74. The first-order valence-electron chi connectivity index (χ1n) is 7.87. The molecule has 2 aromatic rings. The number of benzene rings is 1. The van der Waals surface area contributed by atoms with E-state index >= 15 is 0 Å². The SMILES string of the molecule is COc1ccc(OCCC(=O)OC(C)C(=O)Nc2cccnc2Cl)cc1. The molecule has 26 heavy (non-hydrogen) atoms. The zero-order valence-electron chi connectivity index (χ0n) is 14.4. The second-order valence-corrected chi connectivity index (χ2v) is 5.60. The molecule has 0 spiro atoms. The van der Waals surface area contributed by atoms with Crippen LogP contribution in [0.5, 0.6) is 11.5 Å². The summed E-state index contributed by atoms with van der Waals surface area (Å²) < 4.78 is 15.6. The average molecular weight is 379 g/mol. The Labute approximate surface area is 156 Å². The molecular weight excluding hydrogens is 360 g/mol. The zero-order chi connectivity index (χ0) is 18.9. The molecule has 7 nitrogen and oxygen atoms in total. The number of carbonyl (C=O) groups excluding carboxylic acids is 2. The van der Waals surface area contributed by atoms with Gasteiger partial charge in [0.05, 0.1) is 25.8 Å². The monoisotopic (exact) mass is 378 g/mol. The number of pyridine rings is 1. The molecule has 1 atom stereocenters. The van der Waals surface area contributed by atoms with Crippen molar-refractivity contribution in [3.8, 4) is 11.5 Å². The molecule has 1 N–H and O–H groups in total. The van der Waals surface area contributed by atoms with Crippen LogP contribution in [0.2, 0.25) is 5.15 Å². The van der Waals surface area contributed by atoms with Crippen molar-refractivity contribution < 1.29 is 23.8 Å². The normalized spacial score (nSPS) is 11.3. The van der Waals surface area contributed by atoms with Crippen LogP contribution in [0.25, 0.3) is 0 Å². The molecule has 138 valence electrons. The number of hydrogen-bond donors (Lipinski definition) is 1. The maximum atomic E-state index is 12.0. The Morgan fingerprint density at radius 3 is 2.54 bits per heavy atom. The molecule has 1 aromatic heterocycles. The third-order valence-electron chi connectivity index (χ3n) is 3.33. The van der Waals surface area contributed by atoms with E-state index in [1.54, 1.807) is 43.5 Å². The highest BCUT2D eigenvalue weighted by Gasteiger charge is 2.19. The van der Waals surface area contributed by atoms with E-state index in [-0.39, 0.29) is 18.2 Å². The van der Waals surface area contributed by atoms with E-state index in [2.05, 4.69) is 10.3 Å². The van der Waals surface area contributed by atoms with Crippen LogP contribution in [0, 0.1) is 0 Å². The minimum Gasteiger partial charge on any atom is -0.497 e. The van der Waals surface area contributed by atoms with E-state index in [9.17, 15) is 9.59 Å². The van der Waals surface area contributed by atoms with Gasteiger partial charge in [-0.05, 0) is 43.3 Å². The van der Waals surface area contributed by atoms with Gasteiger partial charge in [-0.2, -0.15) is 0 Å². The van der Waals surface area contributed by atoms with Crippen molar-refractivity contribution >= 4 is 29.2 Å². The molecule has 2 rings (SSSR count). The van der Waals surface area contributed by atoms with Gasteiger partial charge in [-0.1, -0.05) is 11.6 Å². The number of amides is 1. The van der Waals surface area contributed by atoms with Crippen molar-refractivity contribution in [2.75, 3.05) is 19.0 Å². The molecule has 1 heterocycles. The topological polar surface area (TPSA) is 86.8 Å². The standard InChI is InChI=1S/C18H19ClN2O5/c1-12(18(23)21-15-4-3-10-20-17(15)19)26-16(22)9-11-25-14-7-5-13(24-2)6-8-14/h3-8,10,12H,9,11H2,1-2H3,(H,21,23). The van der Waals surface area contributed by atoms with Gasteiger partial charge in [0, 0.05) is 6.20 Å². The molecule has 8 heteroatoms. The van der Waals surface area contributed by atoms with E-state index in [0.717, 1.165) is 0 Å². The van der Waals surface area contributed by atoms with E-state index in [0.29, 0.717) is 17.2 Å². The number of nitrogens with zero attached hydrogens (tertiary/aromatic N) is 1. The number of hydrogen-bond acceptors (Lipinski definition) is 6. The summed E-state index contributed by atoms with van der Waals surface area (Å²) in [5, 5.41) is 2.71. The quantitative estimate of drug-likeness (QED) is 0.561. The number of halogens is 1. The summed E-state index contributed by atoms with van der Waals surface area (Å²) in [5.41, 5.74) is 0.352. The van der Waals surface area contributed by atoms with Crippen LogP contribution in [-0.4, -0.2) is 36.7 Å². The third-order valence-corrected chi connectivity index (χ3v) is 3.63. The summed E-state index contributed by atoms with van der Waals surface area (Å²) in [4.78, 5) is 27.7. The molecule has 1 aromatic carbocycles. The highest BCUT2D eigenvalue weighted by molar-refractivity contribution is 6.32. The number of ether oxygens (including phenoxy) is 3. The number of aromatic nitrogens is 1. The lowest BCUT2D eigenvalue weighted by atomic mass is 10.3. The van der Waals surface area contributed by atoms with Gasteiger partial charge in [0.15, 0.2) is 11.3 Å². The minimum atomic E-state index is -0.972. The van der Waals surface area contributed by atoms with Gasteiger partial charge in [-0.3, -0.25) is 9.59 Å². The Morgan fingerprint density at radius 1 is 1.19 bits per heavy atom. The highest BCUT2D eigenvalue weighted by Crippen LogP contribution is 2.18. The predicted octanol–water partition coefficient (Wildman–Crippen LogP) is 3.08. The maximum Gasteiger partial charge on any atom is 0.310 e. The van der Waals surface area contributed by atoms with Gasteiger partial charge in [0.1, 0.15) is 11.5 Å². The van der Waals surface area contributed by atoms with Crippen LogP contribution in [0.3, 0.4) is 0 Å². The number of rotatable bonds is 8. The van der Waals surface area contributed by atoms with Crippen LogP contribution in [-0.2, 0) is 14.3 Å². The van der Waals surface area contributed by atoms with Crippen LogP contribution in [0.1, 0.15) is 13.3 Å². The molecule has 0 aliphatic heterocycles. The molecule has 0 saturated carbocycles. The van der Waals surface area contributed by atoms with E-state index < -0.39 is 18.0 Å². The first kappa shape index (κ1) is 19.5. The van der Waals surface area contributed by atoms with E-state index in [4.69, 9.17) is 25.8 Å². The Bertz CT molecular complexity index is 752. The molecule has 0 aliphatic carbocycles. The lowest BCUT2D eigenvalue weighted by Crippen LogP contribution is -2.30. The van der Waals surface area contributed by atoms with Gasteiger partial charge in [-0.25, -0.2) is 4.98 Å². The second-order valence-electron chi connectivity index (χ2n) is 5.24. The summed E-state index contributed by atoms with van der Waals surface area (Å²) in [6.07, 6.45) is 0.543. The fourth-order valence-corrected chi connectivity index (χ4v) is 2.11. The van der Waals surface area contributed by atoms with Gasteiger partial charge < -0.3 is 19.5 Å². The summed E-state index contributed by atoms with van der Waals surface area (Å²) in [6.45, 7) is 1.61. The Kier molecular flexibility index (Phi) is 7.23. The summed E-state index contributed by atoms with van der Waals surface area (Å²) in [6, 6.07) is 10.2. The first-order valence-corrected chi connectivity index (χ1v) is 8.25. The molecule has 0 bridgehead atoms. The zero-order valence-corrected chi connectivity index (χ0v) is 15.2. The van der Waals surface area contributed by atoms with Crippen molar-refractivity contribution in [3.05, 3.63) is 47.7 Å². The van der Waals surface area contributed by atoms with Crippen LogP contribution >= 0.6 is 11.6 Å². The maximum absolute atomic E-state index is 12.0. The minimum absolute atomic E-state index is 0.0112. The summed E-state index contributed by atoms with van der Waals surface area (Å²) in [5.74, 6) is 0.281. The van der Waals surface area contributed by atoms with E-state index in [1.165, 1.54) is 13.1 Å². The molecule has 0 fully saturated rings. The Hall–Kier alpha value is -2.80. The number of anilines is 1. The van der Waals surface area contributed by atoms with E-state index in [1.807, 2.05) is 0 Å². The Morgan fingerprint density at radius 2 is 1.88 bits per heavy atom. The van der Waals surface area contributed by atoms with Gasteiger partial charge >= 0.3 is 5.97 Å². The third kappa shape index (κ3) is 5.93. The molecule has 1 amide bonds. The van der Waals surface area contributed by atoms with Crippen molar-refractivity contribution in [1.29, 1.82) is 0 Å². The predicted molar refractivity (Wildman–Crippen MR) is 96.5 cm³/mol. The van der Waals surface area contributed by atoms with Crippen LogP contribution < -0.4 is 14.8 Å². The van der Waals surface area contributed by atoms with Gasteiger partial charge in [-0.15, -0.1) is 0 Å². The largest absolute Gasteiger partial charge is 0.497 e. The number of carbonyl (C=O) groups is 2. The van der Waals surface area contributed by atoms with Gasteiger partial charge in [0.25, 0.3) is 5.91 Å². The summed E-state index contributed by atoms with van der Waals surface area (Å²) >= 11 is 5.87. The molecule has 1 unspecified atom stereocenters. The molecular formula is C18H19ClN2O5. The van der Waals surface area contributed by atoms with Gasteiger partial charge in [0.2, 0.25) is 0 Å². The molecule has 0 saturated heterocycles. The fourth-order valence-electron chi connectivity index (χ4n) is 1.95.